The number of carbonyl (C=O) groups is 1. The lowest BCUT2D eigenvalue weighted by Gasteiger charge is -2.36. The van der Waals surface area contributed by atoms with E-state index in [0.29, 0.717) is 85.3 Å². The second-order valence-electron chi connectivity index (χ2n) is 8.98. The Morgan fingerprint density at radius 2 is 1.71 bits per heavy atom. The van der Waals surface area contributed by atoms with Crippen LogP contribution in [0.1, 0.15) is 5.76 Å². The van der Waals surface area contributed by atoms with Gasteiger partial charge in [0.05, 0.1) is 28.2 Å². The van der Waals surface area contributed by atoms with E-state index in [1.54, 1.807) is 47.4 Å². The molecular weight excluding hydrogens is 531 g/mol. The molecule has 0 saturated carbocycles. The highest BCUT2D eigenvalue weighted by Gasteiger charge is 2.25. The Bertz CT molecular complexity index is 1360. The van der Waals surface area contributed by atoms with E-state index in [1.807, 2.05) is 17.0 Å². The molecule has 0 atom stereocenters. The van der Waals surface area contributed by atoms with Gasteiger partial charge in [-0.25, -0.2) is 0 Å². The lowest BCUT2D eigenvalue weighted by Crippen LogP contribution is -2.48. The van der Waals surface area contributed by atoms with Gasteiger partial charge in [-0.05, 0) is 42.5 Å². The Labute approximate surface area is 229 Å². The van der Waals surface area contributed by atoms with Crippen molar-refractivity contribution in [3.8, 4) is 11.3 Å². The van der Waals surface area contributed by atoms with Crippen LogP contribution in [0.3, 0.4) is 0 Å². The van der Waals surface area contributed by atoms with Crippen molar-refractivity contribution in [1.29, 1.82) is 0 Å². The minimum atomic E-state index is -0.344. The van der Waals surface area contributed by atoms with E-state index in [0.717, 1.165) is 5.69 Å². The summed E-state index contributed by atoms with van der Waals surface area (Å²) in [4.78, 5) is 30.0. The highest BCUT2D eigenvalue weighted by molar-refractivity contribution is 6.43. The second kappa shape index (κ2) is 11.5. The number of rotatable bonds is 6. The summed E-state index contributed by atoms with van der Waals surface area (Å²) < 4.78 is 11.2. The number of nitrogens with zero attached hydrogens (tertiary/aromatic N) is 4. The molecule has 0 aliphatic carbocycles. The summed E-state index contributed by atoms with van der Waals surface area (Å²) in [6.07, 6.45) is 3.14. The van der Waals surface area contributed by atoms with Crippen molar-refractivity contribution in [3.63, 3.8) is 0 Å². The van der Waals surface area contributed by atoms with Crippen molar-refractivity contribution in [2.45, 2.75) is 0 Å². The molecule has 2 aliphatic rings. The number of nitro groups is 1. The van der Waals surface area contributed by atoms with Crippen LogP contribution in [0.25, 0.3) is 17.4 Å². The van der Waals surface area contributed by atoms with Crippen LogP contribution in [-0.4, -0.2) is 68.2 Å². The number of ether oxygens (including phenoxy) is 1. The van der Waals surface area contributed by atoms with Crippen molar-refractivity contribution in [2.24, 2.45) is 0 Å². The number of benzene rings is 2. The standard InChI is InChI=1S/C27H26Cl2N4O5/c28-22-3-1-2-21(27(22)29)25-8-5-20(38-25)6-9-26(34)32-12-10-30(11-13-32)19-4-7-23(33(35)36)24(18-19)31-14-16-37-17-15-31/h1-9,18H,10-17H2/b9-6+. The Kier molecular flexibility index (Phi) is 7.87. The Balaban J connectivity index is 1.21. The number of morpholine rings is 1. The third-order valence-electron chi connectivity index (χ3n) is 6.70. The largest absolute Gasteiger partial charge is 0.457 e. The first kappa shape index (κ1) is 26.1. The van der Waals surface area contributed by atoms with Gasteiger partial charge >= 0.3 is 0 Å². The van der Waals surface area contributed by atoms with Crippen LogP contribution in [0.15, 0.2) is 59.0 Å². The monoisotopic (exact) mass is 556 g/mol. The molecule has 5 rings (SSSR count). The fourth-order valence-corrected chi connectivity index (χ4v) is 5.04. The molecule has 0 bridgehead atoms. The van der Waals surface area contributed by atoms with Gasteiger partial charge in [-0.3, -0.25) is 14.9 Å². The molecule has 0 spiro atoms. The van der Waals surface area contributed by atoms with E-state index >= 15 is 0 Å². The molecule has 1 aromatic heterocycles. The molecule has 198 valence electrons. The molecule has 2 aromatic carbocycles. The van der Waals surface area contributed by atoms with Gasteiger partial charge in [-0.2, -0.15) is 0 Å². The van der Waals surface area contributed by atoms with Crippen LogP contribution in [0.2, 0.25) is 10.0 Å². The van der Waals surface area contributed by atoms with Gasteiger partial charge in [-0.1, -0.05) is 29.3 Å². The number of amides is 1. The number of carbonyl (C=O) groups excluding carboxylic acids is 1. The normalized spacial score (nSPS) is 16.3. The van der Waals surface area contributed by atoms with Gasteiger partial charge in [0.15, 0.2) is 0 Å². The molecular formula is C27H26Cl2N4O5. The lowest BCUT2D eigenvalue weighted by molar-refractivity contribution is -0.384. The fraction of sp³-hybridized carbons (Fsp3) is 0.296. The van der Waals surface area contributed by atoms with E-state index in [4.69, 9.17) is 32.4 Å². The van der Waals surface area contributed by atoms with Gasteiger partial charge in [-0.15, -0.1) is 0 Å². The van der Waals surface area contributed by atoms with Crippen molar-refractivity contribution in [2.75, 3.05) is 62.3 Å². The van der Waals surface area contributed by atoms with Crippen LogP contribution >= 0.6 is 23.2 Å². The van der Waals surface area contributed by atoms with E-state index in [1.165, 1.54) is 6.08 Å². The molecule has 2 fully saturated rings. The van der Waals surface area contributed by atoms with Gasteiger partial charge in [0.1, 0.15) is 17.2 Å². The van der Waals surface area contributed by atoms with Crippen molar-refractivity contribution in [3.05, 3.63) is 80.5 Å². The highest BCUT2D eigenvalue weighted by Crippen LogP contribution is 2.35. The minimum absolute atomic E-state index is 0.0910. The first-order valence-electron chi connectivity index (χ1n) is 12.3. The number of furan rings is 1. The first-order chi connectivity index (χ1) is 18.4. The van der Waals surface area contributed by atoms with Gasteiger partial charge in [0.25, 0.3) is 5.69 Å². The van der Waals surface area contributed by atoms with E-state index in [2.05, 4.69) is 4.90 Å². The topological polar surface area (TPSA) is 92.3 Å². The molecule has 11 heteroatoms. The highest BCUT2D eigenvalue weighted by atomic mass is 35.5. The minimum Gasteiger partial charge on any atom is -0.457 e. The summed E-state index contributed by atoms with van der Waals surface area (Å²) in [5, 5.41) is 12.5. The molecule has 3 aromatic rings. The average molecular weight is 557 g/mol. The van der Waals surface area contributed by atoms with Crippen molar-refractivity contribution < 1.29 is 18.9 Å². The molecule has 1 amide bonds. The maximum atomic E-state index is 12.8. The Morgan fingerprint density at radius 3 is 2.45 bits per heavy atom. The van der Waals surface area contributed by atoms with Crippen molar-refractivity contribution >= 4 is 52.2 Å². The van der Waals surface area contributed by atoms with Gasteiger partial charge in [0.2, 0.25) is 5.91 Å². The zero-order valence-corrected chi connectivity index (χ0v) is 22.0. The molecule has 38 heavy (non-hydrogen) atoms. The number of nitro benzene ring substituents is 1. The maximum Gasteiger partial charge on any atom is 0.292 e. The zero-order valence-electron chi connectivity index (χ0n) is 20.5. The summed E-state index contributed by atoms with van der Waals surface area (Å²) in [7, 11) is 0. The quantitative estimate of drug-likeness (QED) is 0.229. The number of hydrogen-bond acceptors (Lipinski definition) is 7. The van der Waals surface area contributed by atoms with E-state index in [9.17, 15) is 14.9 Å². The summed E-state index contributed by atoms with van der Waals surface area (Å²) in [5.74, 6) is 0.989. The van der Waals surface area contributed by atoms with Crippen LogP contribution in [0.5, 0.6) is 0 Å². The second-order valence-corrected chi connectivity index (χ2v) is 9.76. The first-order valence-corrected chi connectivity index (χ1v) is 13.0. The van der Waals surface area contributed by atoms with Crippen LogP contribution in [0.4, 0.5) is 17.1 Å². The molecule has 0 radical (unpaired) electrons. The van der Waals surface area contributed by atoms with Crippen molar-refractivity contribution in [1.82, 2.24) is 4.90 Å². The third kappa shape index (κ3) is 5.65. The molecule has 3 heterocycles. The van der Waals surface area contributed by atoms with Crippen LogP contribution in [-0.2, 0) is 9.53 Å². The molecule has 0 N–H and O–H groups in total. The van der Waals surface area contributed by atoms with Crippen LogP contribution in [0, 0.1) is 10.1 Å². The lowest BCUT2D eigenvalue weighted by atomic mass is 10.1. The van der Waals surface area contributed by atoms with E-state index < -0.39 is 0 Å². The van der Waals surface area contributed by atoms with Crippen LogP contribution < -0.4 is 9.80 Å². The number of hydrogen-bond donors (Lipinski definition) is 0. The predicted molar refractivity (Wildman–Crippen MR) is 148 cm³/mol. The Hall–Kier alpha value is -3.53. The summed E-state index contributed by atoms with van der Waals surface area (Å²) in [6, 6.07) is 14.1. The summed E-state index contributed by atoms with van der Waals surface area (Å²) in [6.45, 7) is 4.64. The average Bonchev–Trinajstić information content (AvgIpc) is 3.42. The third-order valence-corrected chi connectivity index (χ3v) is 7.52. The zero-order chi connectivity index (χ0) is 26.6. The molecule has 0 unspecified atom stereocenters. The van der Waals surface area contributed by atoms with Gasteiger partial charge in [0, 0.05) is 62.7 Å². The van der Waals surface area contributed by atoms with E-state index in [-0.39, 0.29) is 16.5 Å². The Morgan fingerprint density at radius 1 is 0.947 bits per heavy atom. The maximum absolute atomic E-state index is 12.8. The summed E-state index contributed by atoms with van der Waals surface area (Å²) in [5.41, 5.74) is 2.29. The molecule has 2 saturated heterocycles. The number of piperazine rings is 1. The predicted octanol–water partition coefficient (Wildman–Crippen LogP) is 5.36. The molecule has 2 aliphatic heterocycles. The smallest absolute Gasteiger partial charge is 0.292 e. The summed E-state index contributed by atoms with van der Waals surface area (Å²) >= 11 is 12.4. The SMILES string of the molecule is O=C(/C=C/c1ccc(-c2cccc(Cl)c2Cl)o1)N1CCN(c2ccc([N+](=O)[O-])c(N3CCOCC3)c2)CC1. The molecule has 9 nitrogen and oxygen atoms in total. The number of halogens is 2. The fourth-order valence-electron chi connectivity index (χ4n) is 4.65. The van der Waals surface area contributed by atoms with Gasteiger partial charge < -0.3 is 23.9 Å². The number of anilines is 2.